The van der Waals surface area contributed by atoms with E-state index in [-0.39, 0.29) is 6.42 Å². The van der Waals surface area contributed by atoms with Crippen molar-refractivity contribution >= 4 is 67.1 Å². The lowest BCUT2D eigenvalue weighted by Gasteiger charge is -2.28. The highest BCUT2D eigenvalue weighted by molar-refractivity contribution is 8.03. The molecular formula is C35H33ClN2O4S2. The maximum Gasteiger partial charge on any atom is 0.374 e. The molecule has 0 saturated carbocycles. The SMILES string of the molecule is CCN1/C(=C/C2=CC3=C/C(=C/c4oc5ccc6ccccc6c5[n+]4CCCS(=O)(=O)[O-])CCC3CC2)Sc2ccc(Cl)cc21. The fourth-order valence-corrected chi connectivity index (χ4v) is 8.50. The lowest BCUT2D eigenvalue weighted by Crippen LogP contribution is -2.36. The van der Waals surface area contributed by atoms with Crippen molar-refractivity contribution in [3.8, 4) is 0 Å². The number of aromatic nitrogens is 1. The van der Waals surface area contributed by atoms with Gasteiger partial charge in [0.15, 0.2) is 6.54 Å². The first-order valence-electron chi connectivity index (χ1n) is 15.1. The van der Waals surface area contributed by atoms with Crippen LogP contribution in [0.1, 0.15) is 44.9 Å². The van der Waals surface area contributed by atoms with Crippen LogP contribution in [-0.2, 0) is 16.7 Å². The van der Waals surface area contributed by atoms with Crippen molar-refractivity contribution in [2.75, 3.05) is 17.2 Å². The number of nitrogens with zero attached hydrogens (tertiary/aromatic N) is 2. The van der Waals surface area contributed by atoms with Gasteiger partial charge in [0.1, 0.15) is 0 Å². The summed E-state index contributed by atoms with van der Waals surface area (Å²) in [6.45, 7) is 3.42. The first kappa shape index (κ1) is 29.4. The van der Waals surface area contributed by atoms with Crippen LogP contribution in [0.2, 0.25) is 5.02 Å². The minimum Gasteiger partial charge on any atom is -0.748 e. The largest absolute Gasteiger partial charge is 0.748 e. The monoisotopic (exact) mass is 644 g/mol. The zero-order chi connectivity index (χ0) is 30.4. The number of benzene rings is 3. The van der Waals surface area contributed by atoms with Crippen LogP contribution in [0.3, 0.4) is 0 Å². The van der Waals surface area contributed by atoms with Crippen molar-refractivity contribution in [2.45, 2.75) is 50.5 Å². The summed E-state index contributed by atoms with van der Waals surface area (Å²) in [5.41, 5.74) is 6.69. The first-order valence-corrected chi connectivity index (χ1v) is 17.9. The highest BCUT2D eigenvalue weighted by atomic mass is 35.5. The van der Waals surface area contributed by atoms with E-state index >= 15 is 0 Å². The van der Waals surface area contributed by atoms with Crippen molar-refractivity contribution in [1.29, 1.82) is 0 Å². The Bertz CT molecular complexity index is 2020. The highest BCUT2D eigenvalue weighted by Gasteiger charge is 2.28. The molecular weight excluding hydrogens is 612 g/mol. The molecule has 1 atom stereocenters. The number of anilines is 1. The van der Waals surface area contributed by atoms with E-state index in [1.54, 1.807) is 11.8 Å². The van der Waals surface area contributed by atoms with Crippen molar-refractivity contribution in [3.05, 3.63) is 105 Å². The zero-order valence-corrected chi connectivity index (χ0v) is 26.9. The van der Waals surface area contributed by atoms with E-state index in [1.807, 2.05) is 41.0 Å². The first-order chi connectivity index (χ1) is 21.3. The molecule has 6 nitrogen and oxygen atoms in total. The van der Waals surface area contributed by atoms with Gasteiger partial charge in [0, 0.05) is 28.6 Å². The van der Waals surface area contributed by atoms with E-state index in [0.29, 0.717) is 18.4 Å². The van der Waals surface area contributed by atoms with Gasteiger partial charge in [0.2, 0.25) is 5.58 Å². The highest BCUT2D eigenvalue weighted by Crippen LogP contribution is 2.48. The zero-order valence-electron chi connectivity index (χ0n) is 24.5. The summed E-state index contributed by atoms with van der Waals surface area (Å²) < 4.78 is 42.6. The minimum atomic E-state index is -4.30. The third-order valence-electron chi connectivity index (χ3n) is 8.75. The Morgan fingerprint density at radius 3 is 2.77 bits per heavy atom. The maximum atomic E-state index is 11.4. The van der Waals surface area contributed by atoms with Crippen LogP contribution in [0.5, 0.6) is 0 Å². The molecule has 9 heteroatoms. The smallest absolute Gasteiger partial charge is 0.374 e. The van der Waals surface area contributed by atoms with E-state index in [0.717, 1.165) is 59.1 Å². The molecule has 0 saturated heterocycles. The molecule has 1 unspecified atom stereocenters. The third-order valence-corrected chi connectivity index (χ3v) is 10.9. The second kappa shape index (κ2) is 11.9. The number of rotatable bonds is 7. The van der Waals surface area contributed by atoms with Crippen molar-refractivity contribution < 1.29 is 22.0 Å². The molecule has 7 rings (SSSR count). The van der Waals surface area contributed by atoms with Gasteiger partial charge in [0.25, 0.3) is 5.52 Å². The van der Waals surface area contributed by atoms with E-state index in [1.165, 1.54) is 32.3 Å². The Kier molecular flexibility index (Phi) is 7.95. The second-order valence-corrected chi connectivity index (χ2v) is 14.7. The second-order valence-electron chi connectivity index (χ2n) is 11.6. The van der Waals surface area contributed by atoms with Crippen molar-refractivity contribution in [2.24, 2.45) is 5.92 Å². The molecule has 0 fully saturated rings. The molecule has 0 N–H and O–H groups in total. The predicted molar refractivity (Wildman–Crippen MR) is 178 cm³/mol. The summed E-state index contributed by atoms with van der Waals surface area (Å²) in [6.07, 6.45) is 13.5. The van der Waals surface area contributed by atoms with E-state index < -0.39 is 15.9 Å². The number of fused-ring (bicyclic) bond motifs is 5. The van der Waals surface area contributed by atoms with E-state index in [9.17, 15) is 13.0 Å². The standard InChI is InChI=1S/C35H33ClN2O4S2/c1-2-37-30-22-28(36)13-15-32(30)43-34(37)21-24-9-11-25-10-8-23(18-27(25)19-24)20-33-38(16-5-17-44(39,40)41)35-29-7-4-3-6-26(29)12-14-31(35)42-33/h3-4,6-7,12-15,18-22,25H,2,5,8-11,16-17H2,1H3. The average Bonchev–Trinajstić information content (AvgIpc) is 3.52. The molecule has 226 valence electrons. The van der Waals surface area contributed by atoms with Gasteiger partial charge in [-0.05, 0) is 97.0 Å². The van der Waals surface area contributed by atoms with Gasteiger partial charge in [0.05, 0.1) is 32.3 Å². The van der Waals surface area contributed by atoms with E-state index in [4.69, 9.17) is 16.0 Å². The fourth-order valence-electron chi connectivity index (χ4n) is 6.66. The molecule has 0 bridgehead atoms. The lowest BCUT2D eigenvalue weighted by molar-refractivity contribution is -0.677. The van der Waals surface area contributed by atoms with Crippen molar-refractivity contribution in [1.82, 2.24) is 0 Å². The molecule has 1 aromatic heterocycles. The molecule has 0 amide bonds. The van der Waals surface area contributed by atoms with E-state index in [2.05, 4.69) is 54.3 Å². The normalized spacial score (nSPS) is 20.3. The Morgan fingerprint density at radius 2 is 1.93 bits per heavy atom. The summed E-state index contributed by atoms with van der Waals surface area (Å²) >= 11 is 8.11. The van der Waals surface area contributed by atoms with Crippen LogP contribution in [0.25, 0.3) is 27.9 Å². The number of aryl methyl sites for hydroxylation is 1. The van der Waals surface area contributed by atoms with Gasteiger partial charge in [-0.3, -0.25) is 0 Å². The van der Waals surface area contributed by atoms with Crippen LogP contribution in [0, 0.1) is 5.92 Å². The Morgan fingerprint density at radius 1 is 1.09 bits per heavy atom. The molecule has 3 aliphatic rings. The number of oxazole rings is 1. The lowest BCUT2D eigenvalue weighted by atomic mass is 9.77. The van der Waals surface area contributed by atoms with Gasteiger partial charge in [-0.1, -0.05) is 59.8 Å². The van der Waals surface area contributed by atoms with Crippen LogP contribution in [0.15, 0.2) is 104 Å². The quantitative estimate of drug-likeness (QED) is 0.149. The number of allylic oxidation sites excluding steroid dienone is 6. The number of thioether (sulfide) groups is 1. The molecule has 4 aromatic rings. The van der Waals surface area contributed by atoms with Crippen LogP contribution < -0.4 is 9.47 Å². The predicted octanol–water partition coefficient (Wildman–Crippen LogP) is 8.38. The average molecular weight is 645 g/mol. The number of hydrogen-bond donors (Lipinski definition) is 0. The van der Waals surface area contributed by atoms with Crippen LogP contribution >= 0.6 is 23.4 Å². The fraction of sp³-hybridized carbons (Fsp3) is 0.286. The topological polar surface area (TPSA) is 77.5 Å². The van der Waals surface area contributed by atoms with Gasteiger partial charge in [-0.2, -0.15) is 4.57 Å². The number of hydrogen-bond acceptors (Lipinski definition) is 6. The van der Waals surface area contributed by atoms with Gasteiger partial charge in [-0.25, -0.2) is 8.42 Å². The molecule has 3 aromatic carbocycles. The molecule has 0 radical (unpaired) electrons. The minimum absolute atomic E-state index is 0.220. The summed E-state index contributed by atoms with van der Waals surface area (Å²) in [5, 5.41) is 4.10. The van der Waals surface area contributed by atoms with Gasteiger partial charge in [-0.15, -0.1) is 0 Å². The molecule has 2 heterocycles. The molecule has 0 spiro atoms. The molecule has 1 aliphatic heterocycles. The Labute approximate surface area is 267 Å². The summed E-state index contributed by atoms with van der Waals surface area (Å²) in [4.78, 5) is 3.57. The summed E-state index contributed by atoms with van der Waals surface area (Å²) in [6, 6.07) is 18.2. The molecule has 2 aliphatic carbocycles. The van der Waals surface area contributed by atoms with Crippen LogP contribution in [0.4, 0.5) is 5.69 Å². The molecule has 44 heavy (non-hydrogen) atoms. The Balaban J connectivity index is 1.23. The van der Waals surface area contributed by atoms with Crippen LogP contribution in [-0.4, -0.2) is 25.3 Å². The third kappa shape index (κ3) is 5.88. The summed E-state index contributed by atoms with van der Waals surface area (Å²) in [7, 11) is -4.30. The summed E-state index contributed by atoms with van der Waals surface area (Å²) in [5.74, 6) is 0.802. The number of halogens is 1. The maximum absolute atomic E-state index is 11.4. The Hall–Kier alpha value is -3.30. The van der Waals surface area contributed by atoms with Crippen molar-refractivity contribution in [3.63, 3.8) is 0 Å². The van der Waals surface area contributed by atoms with Gasteiger partial charge < -0.3 is 13.9 Å². The van der Waals surface area contributed by atoms with Gasteiger partial charge >= 0.3 is 5.89 Å².